The second-order valence-corrected chi connectivity index (χ2v) is 7.71. The Labute approximate surface area is 144 Å². The third-order valence-corrected chi connectivity index (χ3v) is 5.56. The number of carbonyl (C=O) groups is 1. The maximum absolute atomic E-state index is 12.4. The van der Waals surface area contributed by atoms with Crippen LogP contribution >= 0.6 is 23.4 Å². The molecule has 2 N–H and O–H groups in total. The fourth-order valence-electron chi connectivity index (χ4n) is 1.86. The van der Waals surface area contributed by atoms with Crippen LogP contribution in [0, 0.1) is 0 Å². The summed E-state index contributed by atoms with van der Waals surface area (Å²) in [6.07, 6.45) is 1.93. The number of halogens is 1. The highest BCUT2D eigenvalue weighted by Crippen LogP contribution is 2.23. The lowest BCUT2D eigenvalue weighted by molar-refractivity contribution is 0.102. The molecule has 0 radical (unpaired) electrons. The Morgan fingerprint density at radius 3 is 2.57 bits per heavy atom. The van der Waals surface area contributed by atoms with Crippen molar-refractivity contribution in [1.29, 1.82) is 0 Å². The minimum atomic E-state index is -3.65. The number of hydrogen-bond donors (Lipinski definition) is 2. The Hall–Kier alpha value is -1.54. The molecule has 0 bridgehead atoms. The van der Waals surface area contributed by atoms with Crippen molar-refractivity contribution in [2.24, 2.45) is 0 Å². The van der Waals surface area contributed by atoms with Gasteiger partial charge in [0.25, 0.3) is 5.91 Å². The SMILES string of the molecule is CNS(=O)(=O)c1ccc(Cl)c(C(=O)Nc2cccc(SC)c2)c1. The molecule has 23 heavy (non-hydrogen) atoms. The number of carbonyl (C=O) groups excluding carboxylic acids is 1. The van der Waals surface area contributed by atoms with Crippen LogP contribution in [0.5, 0.6) is 0 Å². The highest BCUT2D eigenvalue weighted by atomic mass is 35.5. The molecule has 0 saturated carbocycles. The number of hydrogen-bond acceptors (Lipinski definition) is 4. The molecule has 0 spiro atoms. The van der Waals surface area contributed by atoms with Gasteiger partial charge in [0.05, 0.1) is 15.5 Å². The molecular formula is C15H15ClN2O3S2. The normalized spacial score (nSPS) is 11.3. The van der Waals surface area contributed by atoms with E-state index in [4.69, 9.17) is 11.6 Å². The minimum absolute atomic E-state index is 0.0209. The maximum atomic E-state index is 12.4. The van der Waals surface area contributed by atoms with E-state index >= 15 is 0 Å². The van der Waals surface area contributed by atoms with E-state index in [9.17, 15) is 13.2 Å². The quantitative estimate of drug-likeness (QED) is 0.792. The van der Waals surface area contributed by atoms with Gasteiger partial charge in [-0.1, -0.05) is 17.7 Å². The fraction of sp³-hybridized carbons (Fsp3) is 0.133. The van der Waals surface area contributed by atoms with Gasteiger partial charge in [-0.2, -0.15) is 0 Å². The van der Waals surface area contributed by atoms with Gasteiger partial charge in [-0.15, -0.1) is 11.8 Å². The van der Waals surface area contributed by atoms with Gasteiger partial charge in [0.1, 0.15) is 0 Å². The van der Waals surface area contributed by atoms with Gasteiger partial charge in [0.2, 0.25) is 10.0 Å². The molecule has 0 heterocycles. The van der Waals surface area contributed by atoms with Gasteiger partial charge < -0.3 is 5.32 Å². The number of nitrogens with one attached hydrogen (secondary N) is 2. The van der Waals surface area contributed by atoms with Gasteiger partial charge in [-0.25, -0.2) is 13.1 Å². The molecule has 0 aliphatic rings. The van der Waals surface area contributed by atoms with Gasteiger partial charge in [0, 0.05) is 10.6 Å². The molecule has 0 unspecified atom stereocenters. The zero-order valence-electron chi connectivity index (χ0n) is 12.5. The summed E-state index contributed by atoms with van der Waals surface area (Å²) in [5.74, 6) is -0.471. The van der Waals surface area contributed by atoms with Crippen molar-refractivity contribution in [2.45, 2.75) is 9.79 Å². The topological polar surface area (TPSA) is 75.3 Å². The largest absolute Gasteiger partial charge is 0.322 e. The Bertz CT molecular complexity index is 838. The average molecular weight is 371 g/mol. The van der Waals surface area contributed by atoms with Crippen molar-refractivity contribution < 1.29 is 13.2 Å². The zero-order chi connectivity index (χ0) is 17.0. The van der Waals surface area contributed by atoms with Crippen LogP contribution in [0.3, 0.4) is 0 Å². The number of amides is 1. The molecule has 5 nitrogen and oxygen atoms in total. The van der Waals surface area contributed by atoms with Crippen LogP contribution in [0.2, 0.25) is 5.02 Å². The van der Waals surface area contributed by atoms with Crippen molar-refractivity contribution in [2.75, 3.05) is 18.6 Å². The van der Waals surface area contributed by atoms with Gasteiger partial charge in [-0.05, 0) is 49.7 Å². The maximum Gasteiger partial charge on any atom is 0.257 e. The van der Waals surface area contributed by atoms with E-state index in [1.165, 1.54) is 25.2 Å². The lowest BCUT2D eigenvalue weighted by Gasteiger charge is -2.10. The van der Waals surface area contributed by atoms with Gasteiger partial charge in [-0.3, -0.25) is 4.79 Å². The van der Waals surface area contributed by atoms with E-state index in [0.29, 0.717) is 5.69 Å². The van der Waals surface area contributed by atoms with Crippen LogP contribution in [-0.4, -0.2) is 27.6 Å². The van der Waals surface area contributed by atoms with Crippen molar-refractivity contribution in [3.63, 3.8) is 0 Å². The van der Waals surface area contributed by atoms with E-state index in [-0.39, 0.29) is 15.5 Å². The van der Waals surface area contributed by atoms with Crippen LogP contribution < -0.4 is 10.0 Å². The lowest BCUT2D eigenvalue weighted by Crippen LogP contribution is -2.20. The van der Waals surface area contributed by atoms with E-state index in [2.05, 4.69) is 10.0 Å². The summed E-state index contributed by atoms with van der Waals surface area (Å²) in [5.41, 5.74) is 0.706. The van der Waals surface area contributed by atoms with E-state index in [1.54, 1.807) is 17.8 Å². The van der Waals surface area contributed by atoms with Crippen molar-refractivity contribution in [1.82, 2.24) is 4.72 Å². The second-order valence-electron chi connectivity index (χ2n) is 4.54. The van der Waals surface area contributed by atoms with Crippen molar-refractivity contribution in [3.8, 4) is 0 Å². The predicted molar refractivity (Wildman–Crippen MR) is 93.9 cm³/mol. The highest BCUT2D eigenvalue weighted by molar-refractivity contribution is 7.98. The molecule has 2 rings (SSSR count). The molecule has 0 aromatic heterocycles. The van der Waals surface area contributed by atoms with Crippen LogP contribution in [-0.2, 0) is 10.0 Å². The summed E-state index contributed by atoms with van der Waals surface area (Å²) in [4.78, 5) is 13.4. The molecular weight excluding hydrogens is 356 g/mol. The molecule has 1 amide bonds. The van der Waals surface area contributed by atoms with Crippen molar-refractivity contribution in [3.05, 3.63) is 53.1 Å². The standard InChI is InChI=1S/C15H15ClN2O3S2/c1-17-23(20,21)12-6-7-14(16)13(9-12)15(19)18-10-4-3-5-11(8-10)22-2/h3-9,17H,1-2H3,(H,18,19). The van der Waals surface area contributed by atoms with Crippen LogP contribution in [0.4, 0.5) is 5.69 Å². The molecule has 0 atom stereocenters. The van der Waals surface area contributed by atoms with E-state index < -0.39 is 15.9 Å². The number of thioether (sulfide) groups is 1. The lowest BCUT2D eigenvalue weighted by atomic mass is 10.2. The fourth-order valence-corrected chi connectivity index (χ4v) is 3.28. The molecule has 0 fully saturated rings. The Balaban J connectivity index is 2.33. The predicted octanol–water partition coefficient (Wildman–Crippen LogP) is 3.22. The first kappa shape index (κ1) is 17.8. The first-order valence-electron chi connectivity index (χ1n) is 6.56. The Morgan fingerprint density at radius 1 is 1.17 bits per heavy atom. The first-order chi connectivity index (χ1) is 10.9. The summed E-state index contributed by atoms with van der Waals surface area (Å²) < 4.78 is 25.9. The summed E-state index contributed by atoms with van der Waals surface area (Å²) in [6.45, 7) is 0. The molecule has 2 aromatic rings. The Morgan fingerprint density at radius 2 is 1.91 bits per heavy atom. The minimum Gasteiger partial charge on any atom is -0.322 e. The number of anilines is 1. The second kappa shape index (κ2) is 7.35. The number of benzene rings is 2. The van der Waals surface area contributed by atoms with E-state index in [1.807, 2.05) is 24.5 Å². The average Bonchev–Trinajstić information content (AvgIpc) is 2.55. The van der Waals surface area contributed by atoms with E-state index in [0.717, 1.165) is 4.90 Å². The van der Waals surface area contributed by atoms with Crippen LogP contribution in [0.25, 0.3) is 0 Å². The monoisotopic (exact) mass is 370 g/mol. The van der Waals surface area contributed by atoms with Crippen molar-refractivity contribution >= 4 is 45.0 Å². The summed E-state index contributed by atoms with van der Waals surface area (Å²) in [5, 5.41) is 2.90. The molecule has 0 aliphatic heterocycles. The smallest absolute Gasteiger partial charge is 0.257 e. The molecule has 8 heteroatoms. The van der Waals surface area contributed by atoms with Crippen LogP contribution in [0.1, 0.15) is 10.4 Å². The highest BCUT2D eigenvalue weighted by Gasteiger charge is 2.17. The third-order valence-electron chi connectivity index (χ3n) is 3.09. The molecule has 0 saturated heterocycles. The number of sulfonamides is 1. The molecule has 122 valence electrons. The third kappa shape index (κ3) is 4.26. The van der Waals surface area contributed by atoms with Crippen LogP contribution in [0.15, 0.2) is 52.3 Å². The summed E-state index contributed by atoms with van der Waals surface area (Å²) >= 11 is 7.58. The zero-order valence-corrected chi connectivity index (χ0v) is 14.8. The molecule has 2 aromatic carbocycles. The molecule has 0 aliphatic carbocycles. The Kier molecular flexibility index (Phi) is 5.69. The summed E-state index contributed by atoms with van der Waals surface area (Å²) in [7, 11) is -2.34. The first-order valence-corrected chi connectivity index (χ1v) is 9.64. The number of rotatable bonds is 5. The van der Waals surface area contributed by atoms with Gasteiger partial charge in [0.15, 0.2) is 0 Å². The van der Waals surface area contributed by atoms with Gasteiger partial charge >= 0.3 is 0 Å². The summed E-state index contributed by atoms with van der Waals surface area (Å²) in [6, 6.07) is 11.3.